The first kappa shape index (κ1) is 13.3. The maximum absolute atomic E-state index is 11.6. The molecule has 3 aromatic heterocycles. The number of esters is 1. The third-order valence-corrected chi connectivity index (χ3v) is 3.22. The van der Waals surface area contributed by atoms with Gasteiger partial charge >= 0.3 is 5.97 Å². The Morgan fingerprint density at radius 2 is 2.00 bits per heavy atom. The van der Waals surface area contributed by atoms with Crippen molar-refractivity contribution in [3.8, 4) is 11.5 Å². The summed E-state index contributed by atoms with van der Waals surface area (Å²) in [6.07, 6.45) is 1.37. The predicted molar refractivity (Wildman–Crippen MR) is 77.3 cm³/mol. The van der Waals surface area contributed by atoms with E-state index in [1.54, 1.807) is 6.07 Å². The van der Waals surface area contributed by atoms with Gasteiger partial charge in [0.2, 0.25) is 11.5 Å². The van der Waals surface area contributed by atoms with Crippen LogP contribution in [0.5, 0.6) is 0 Å². The van der Waals surface area contributed by atoms with Crippen LogP contribution in [-0.4, -0.2) is 16.3 Å². The SMILES string of the molecule is O=C(OCc1cc(-c2cc3ccccc3o2)on1)c1ccno1. The number of ether oxygens (including phenoxy) is 1. The first-order chi connectivity index (χ1) is 11.3. The zero-order valence-corrected chi connectivity index (χ0v) is 11.8. The molecule has 114 valence electrons. The highest BCUT2D eigenvalue weighted by atomic mass is 16.6. The average molecular weight is 310 g/mol. The molecule has 3 heterocycles. The van der Waals surface area contributed by atoms with Gasteiger partial charge in [0.05, 0.1) is 6.20 Å². The molecule has 0 aliphatic heterocycles. The van der Waals surface area contributed by atoms with Crippen LogP contribution in [0.25, 0.3) is 22.5 Å². The number of nitrogens with zero attached hydrogens (tertiary/aromatic N) is 2. The third-order valence-electron chi connectivity index (χ3n) is 3.22. The van der Waals surface area contributed by atoms with Gasteiger partial charge in [-0.15, -0.1) is 0 Å². The van der Waals surface area contributed by atoms with Gasteiger partial charge in [-0.3, -0.25) is 0 Å². The Labute approximate surface area is 129 Å². The lowest BCUT2D eigenvalue weighted by atomic mass is 10.2. The highest BCUT2D eigenvalue weighted by Gasteiger charge is 2.15. The quantitative estimate of drug-likeness (QED) is 0.533. The molecule has 0 aliphatic carbocycles. The molecule has 0 aliphatic rings. The number of aromatic nitrogens is 2. The average Bonchev–Trinajstić information content (AvgIpc) is 3.31. The minimum Gasteiger partial charge on any atom is -0.453 e. The minimum absolute atomic E-state index is 0.0333. The van der Waals surface area contributed by atoms with E-state index in [0.717, 1.165) is 11.0 Å². The van der Waals surface area contributed by atoms with Crippen molar-refractivity contribution >= 4 is 16.9 Å². The summed E-state index contributed by atoms with van der Waals surface area (Å²) in [5, 5.41) is 8.27. The van der Waals surface area contributed by atoms with Crippen molar-refractivity contribution in [2.75, 3.05) is 0 Å². The maximum Gasteiger partial charge on any atom is 0.377 e. The predicted octanol–water partition coefficient (Wildman–Crippen LogP) is 3.43. The van der Waals surface area contributed by atoms with Crippen molar-refractivity contribution in [1.29, 1.82) is 0 Å². The lowest BCUT2D eigenvalue weighted by Gasteiger charge is -1.97. The molecule has 0 radical (unpaired) electrons. The smallest absolute Gasteiger partial charge is 0.377 e. The number of para-hydroxylation sites is 1. The molecule has 0 atom stereocenters. The van der Waals surface area contributed by atoms with Crippen LogP contribution in [0, 0.1) is 0 Å². The molecule has 0 fully saturated rings. The molecule has 1 aromatic carbocycles. The summed E-state index contributed by atoms with van der Waals surface area (Å²) in [5.74, 6) is 0.445. The van der Waals surface area contributed by atoms with Gasteiger partial charge in [-0.2, -0.15) is 0 Å². The summed E-state index contributed by atoms with van der Waals surface area (Å²) in [6.45, 7) is -0.0384. The standard InChI is InChI=1S/C16H10N2O5/c19-16(13-5-6-17-22-13)20-9-11-8-15(23-18-11)14-7-10-3-1-2-4-12(10)21-14/h1-8H,9H2. The molecular weight excluding hydrogens is 300 g/mol. The number of furan rings is 1. The van der Waals surface area contributed by atoms with Crippen LogP contribution in [0.2, 0.25) is 0 Å². The molecule has 0 amide bonds. The first-order valence-corrected chi connectivity index (χ1v) is 6.82. The fraction of sp³-hybridized carbons (Fsp3) is 0.0625. The summed E-state index contributed by atoms with van der Waals surface area (Å²) in [7, 11) is 0. The Bertz CT molecular complexity index is 919. The van der Waals surface area contributed by atoms with E-state index in [4.69, 9.17) is 18.2 Å². The van der Waals surface area contributed by atoms with E-state index in [9.17, 15) is 4.79 Å². The van der Waals surface area contributed by atoms with Crippen LogP contribution in [0.3, 0.4) is 0 Å². The van der Waals surface area contributed by atoms with Gasteiger partial charge in [0, 0.05) is 17.5 Å². The molecule has 0 saturated heterocycles. The number of carbonyl (C=O) groups is 1. The zero-order chi connectivity index (χ0) is 15.6. The molecule has 0 saturated carbocycles. The van der Waals surface area contributed by atoms with Crippen LogP contribution in [-0.2, 0) is 11.3 Å². The van der Waals surface area contributed by atoms with E-state index < -0.39 is 5.97 Å². The van der Waals surface area contributed by atoms with E-state index in [1.807, 2.05) is 30.3 Å². The molecule has 0 N–H and O–H groups in total. The number of carbonyl (C=O) groups excluding carboxylic acids is 1. The fourth-order valence-corrected chi connectivity index (χ4v) is 2.13. The van der Waals surface area contributed by atoms with Gasteiger partial charge in [0.15, 0.2) is 5.76 Å². The van der Waals surface area contributed by atoms with Crippen LogP contribution >= 0.6 is 0 Å². The topological polar surface area (TPSA) is 91.5 Å². The molecular formula is C16H10N2O5. The highest BCUT2D eigenvalue weighted by Crippen LogP contribution is 2.28. The third kappa shape index (κ3) is 2.59. The van der Waals surface area contributed by atoms with Gasteiger partial charge in [0.1, 0.15) is 17.9 Å². The Morgan fingerprint density at radius 3 is 2.83 bits per heavy atom. The number of rotatable bonds is 4. The monoisotopic (exact) mass is 310 g/mol. The van der Waals surface area contributed by atoms with Crippen molar-refractivity contribution in [1.82, 2.24) is 10.3 Å². The van der Waals surface area contributed by atoms with Crippen LogP contribution < -0.4 is 0 Å². The van der Waals surface area contributed by atoms with Crippen LogP contribution in [0.15, 0.2) is 62.1 Å². The van der Waals surface area contributed by atoms with E-state index in [0.29, 0.717) is 17.2 Å². The Morgan fingerprint density at radius 1 is 1.09 bits per heavy atom. The van der Waals surface area contributed by atoms with Gasteiger partial charge in [-0.25, -0.2) is 4.79 Å². The van der Waals surface area contributed by atoms with Gasteiger partial charge in [-0.05, 0) is 12.1 Å². The molecule has 0 bridgehead atoms. The molecule has 23 heavy (non-hydrogen) atoms. The van der Waals surface area contributed by atoms with Crippen molar-refractivity contribution in [2.24, 2.45) is 0 Å². The maximum atomic E-state index is 11.6. The van der Waals surface area contributed by atoms with Crippen molar-refractivity contribution < 1.29 is 23.0 Å². The van der Waals surface area contributed by atoms with Crippen LogP contribution in [0.4, 0.5) is 0 Å². The van der Waals surface area contributed by atoms with E-state index in [-0.39, 0.29) is 12.4 Å². The molecule has 0 unspecified atom stereocenters. The zero-order valence-electron chi connectivity index (χ0n) is 11.8. The molecule has 4 rings (SSSR count). The summed E-state index contributed by atoms with van der Waals surface area (Å²) in [5.41, 5.74) is 1.23. The summed E-state index contributed by atoms with van der Waals surface area (Å²) in [6, 6.07) is 12.6. The van der Waals surface area contributed by atoms with Gasteiger partial charge in [-0.1, -0.05) is 28.5 Å². The molecule has 7 nitrogen and oxygen atoms in total. The van der Waals surface area contributed by atoms with E-state index >= 15 is 0 Å². The second-order valence-electron chi connectivity index (χ2n) is 4.78. The Kier molecular flexibility index (Phi) is 3.16. The van der Waals surface area contributed by atoms with Crippen molar-refractivity contribution in [3.63, 3.8) is 0 Å². The van der Waals surface area contributed by atoms with Gasteiger partial charge in [0.25, 0.3) is 0 Å². The van der Waals surface area contributed by atoms with Crippen molar-refractivity contribution in [2.45, 2.75) is 6.61 Å². The van der Waals surface area contributed by atoms with E-state index in [1.165, 1.54) is 12.3 Å². The normalized spacial score (nSPS) is 11.0. The number of fused-ring (bicyclic) bond motifs is 1. The number of hydrogen-bond donors (Lipinski definition) is 0. The summed E-state index contributed by atoms with van der Waals surface area (Å²) >= 11 is 0. The second-order valence-corrected chi connectivity index (χ2v) is 4.78. The molecule has 0 spiro atoms. The summed E-state index contributed by atoms with van der Waals surface area (Å²) in [4.78, 5) is 11.6. The van der Waals surface area contributed by atoms with E-state index in [2.05, 4.69) is 10.3 Å². The lowest BCUT2D eigenvalue weighted by Crippen LogP contribution is -2.03. The largest absolute Gasteiger partial charge is 0.453 e. The van der Waals surface area contributed by atoms with Gasteiger partial charge < -0.3 is 18.2 Å². The Hall–Kier alpha value is -3.35. The second kappa shape index (κ2) is 5.45. The summed E-state index contributed by atoms with van der Waals surface area (Å²) < 4.78 is 20.7. The molecule has 4 aromatic rings. The fourth-order valence-electron chi connectivity index (χ4n) is 2.13. The van der Waals surface area contributed by atoms with Crippen LogP contribution in [0.1, 0.15) is 16.2 Å². The number of hydrogen-bond acceptors (Lipinski definition) is 7. The highest BCUT2D eigenvalue weighted by molar-refractivity contribution is 5.86. The van der Waals surface area contributed by atoms with Crippen molar-refractivity contribution in [3.05, 3.63) is 60.1 Å². The Balaban J connectivity index is 1.49. The molecule has 7 heteroatoms. The first-order valence-electron chi connectivity index (χ1n) is 6.82. The minimum atomic E-state index is -0.615. The number of benzene rings is 1. The lowest BCUT2D eigenvalue weighted by molar-refractivity contribution is 0.0417.